The maximum atomic E-state index is 15.3. The Balaban J connectivity index is 1.86. The van der Waals surface area contributed by atoms with Crippen LogP contribution in [-0.2, 0) is 11.2 Å². The Morgan fingerprint density at radius 3 is 2.71 bits per heavy atom. The topological polar surface area (TPSA) is 51.2 Å². The van der Waals surface area contributed by atoms with E-state index in [1.807, 2.05) is 26.8 Å². The van der Waals surface area contributed by atoms with Crippen molar-refractivity contribution in [3.63, 3.8) is 0 Å². The van der Waals surface area contributed by atoms with Crippen LogP contribution >= 0.6 is 0 Å². The minimum atomic E-state index is -0.582. The standard InChI is InChI=1S/C22H34FNO4/c1-6-7-10-27-21-18(26-5)11-15-14(20(21)23)8-9-24-13-19(28-22(2,3)4)17(25)12-16(15)24/h11,16-17,19,25H,6-10,12-13H2,1-5H3/t16-,17-,19-/m1/s1. The zero-order chi connectivity index (χ0) is 20.5. The summed E-state index contributed by atoms with van der Waals surface area (Å²) >= 11 is 0. The highest BCUT2D eigenvalue weighted by atomic mass is 19.1. The van der Waals surface area contributed by atoms with Crippen molar-refractivity contribution in [2.75, 3.05) is 26.8 Å². The second kappa shape index (κ2) is 8.56. The minimum absolute atomic E-state index is 0.0355. The van der Waals surface area contributed by atoms with Gasteiger partial charge in [-0.15, -0.1) is 0 Å². The van der Waals surface area contributed by atoms with Gasteiger partial charge in [-0.1, -0.05) is 13.3 Å². The van der Waals surface area contributed by atoms with Crippen molar-refractivity contribution in [3.8, 4) is 11.5 Å². The Hall–Kier alpha value is -1.37. The molecule has 0 bridgehead atoms. The van der Waals surface area contributed by atoms with Crippen LogP contribution in [0.3, 0.4) is 0 Å². The first kappa shape index (κ1) is 21.3. The van der Waals surface area contributed by atoms with Crippen molar-refractivity contribution < 1.29 is 23.7 Å². The predicted molar refractivity (Wildman–Crippen MR) is 107 cm³/mol. The summed E-state index contributed by atoms with van der Waals surface area (Å²) in [6.45, 7) is 9.92. The van der Waals surface area contributed by atoms with Gasteiger partial charge in [0, 0.05) is 19.1 Å². The molecule has 1 aromatic rings. The molecule has 0 spiro atoms. The number of aliphatic hydroxyl groups is 1. The summed E-state index contributed by atoms with van der Waals surface area (Å²) < 4.78 is 32.5. The van der Waals surface area contributed by atoms with Crippen molar-refractivity contribution in [1.82, 2.24) is 4.90 Å². The average molecular weight is 396 g/mol. The van der Waals surface area contributed by atoms with E-state index in [1.54, 1.807) is 0 Å². The molecule has 3 atom stereocenters. The molecule has 0 aliphatic carbocycles. The van der Waals surface area contributed by atoms with Crippen molar-refractivity contribution in [1.29, 1.82) is 0 Å². The first-order chi connectivity index (χ1) is 13.2. The number of methoxy groups -OCH3 is 1. The molecule has 1 fully saturated rings. The molecule has 3 rings (SSSR count). The van der Waals surface area contributed by atoms with Gasteiger partial charge in [-0.2, -0.15) is 0 Å². The number of rotatable bonds is 6. The van der Waals surface area contributed by atoms with Crippen LogP contribution in [0.1, 0.15) is 64.1 Å². The van der Waals surface area contributed by atoms with E-state index in [4.69, 9.17) is 14.2 Å². The molecular weight excluding hydrogens is 361 g/mol. The maximum Gasteiger partial charge on any atom is 0.197 e. The summed E-state index contributed by atoms with van der Waals surface area (Å²) in [5.41, 5.74) is 1.28. The summed E-state index contributed by atoms with van der Waals surface area (Å²) in [5, 5.41) is 10.7. The van der Waals surface area contributed by atoms with E-state index in [0.29, 0.717) is 37.3 Å². The summed E-state index contributed by atoms with van der Waals surface area (Å²) in [6.07, 6.45) is 2.18. The molecule has 1 N–H and O–H groups in total. The van der Waals surface area contributed by atoms with E-state index in [1.165, 1.54) is 7.11 Å². The summed E-state index contributed by atoms with van der Waals surface area (Å²) in [7, 11) is 1.54. The SMILES string of the molecule is CCCCOc1c(OC)cc2c(c1F)CCN1C[C@@H](OC(C)(C)C)[C@H](O)C[C@H]21. The van der Waals surface area contributed by atoms with Crippen molar-refractivity contribution in [2.45, 2.75) is 77.2 Å². The molecule has 0 aromatic heterocycles. The lowest BCUT2D eigenvalue weighted by Crippen LogP contribution is -2.53. The molecule has 1 aromatic carbocycles. The predicted octanol–water partition coefficient (Wildman–Crippen LogP) is 3.86. The van der Waals surface area contributed by atoms with E-state index < -0.39 is 6.10 Å². The van der Waals surface area contributed by atoms with Crippen molar-refractivity contribution >= 4 is 0 Å². The van der Waals surface area contributed by atoms with Crippen LogP contribution in [0.4, 0.5) is 4.39 Å². The molecular formula is C22H34FNO4. The van der Waals surface area contributed by atoms with Crippen LogP contribution in [0.2, 0.25) is 0 Å². The van der Waals surface area contributed by atoms with Gasteiger partial charge in [0.2, 0.25) is 0 Å². The van der Waals surface area contributed by atoms with Gasteiger partial charge in [-0.3, -0.25) is 4.90 Å². The number of unbranched alkanes of at least 4 members (excludes halogenated alkanes) is 1. The van der Waals surface area contributed by atoms with Crippen LogP contribution in [0, 0.1) is 5.82 Å². The van der Waals surface area contributed by atoms with E-state index in [0.717, 1.165) is 24.9 Å². The molecule has 2 aliphatic rings. The van der Waals surface area contributed by atoms with Crippen LogP contribution in [0.5, 0.6) is 11.5 Å². The second-order valence-corrected chi connectivity index (χ2v) is 8.82. The highest BCUT2D eigenvalue weighted by Crippen LogP contribution is 2.44. The molecule has 2 heterocycles. The van der Waals surface area contributed by atoms with Gasteiger partial charge in [-0.25, -0.2) is 4.39 Å². The number of benzene rings is 1. The molecule has 158 valence electrons. The first-order valence-electron chi connectivity index (χ1n) is 10.4. The van der Waals surface area contributed by atoms with Gasteiger partial charge >= 0.3 is 0 Å². The average Bonchev–Trinajstić information content (AvgIpc) is 2.63. The normalized spacial score (nSPS) is 25.2. The van der Waals surface area contributed by atoms with Crippen molar-refractivity contribution in [2.24, 2.45) is 0 Å². The third kappa shape index (κ3) is 4.44. The highest BCUT2D eigenvalue weighted by Gasteiger charge is 2.41. The summed E-state index contributed by atoms with van der Waals surface area (Å²) in [4.78, 5) is 2.29. The fourth-order valence-electron chi connectivity index (χ4n) is 4.23. The number of hydrogen-bond acceptors (Lipinski definition) is 5. The molecule has 1 saturated heterocycles. The second-order valence-electron chi connectivity index (χ2n) is 8.82. The fraction of sp³-hybridized carbons (Fsp3) is 0.727. The number of aliphatic hydroxyl groups excluding tert-OH is 1. The number of piperidine rings is 1. The van der Waals surface area contributed by atoms with E-state index in [9.17, 15) is 5.11 Å². The fourth-order valence-corrected chi connectivity index (χ4v) is 4.23. The van der Waals surface area contributed by atoms with Gasteiger partial charge in [0.05, 0.1) is 31.5 Å². The zero-order valence-electron chi connectivity index (χ0n) is 17.8. The Labute approximate surface area is 167 Å². The van der Waals surface area contributed by atoms with Gasteiger partial charge in [0.1, 0.15) is 0 Å². The number of halogens is 1. The van der Waals surface area contributed by atoms with Gasteiger partial charge in [0.15, 0.2) is 17.3 Å². The molecule has 0 radical (unpaired) electrons. The first-order valence-corrected chi connectivity index (χ1v) is 10.4. The largest absolute Gasteiger partial charge is 0.493 e. The van der Waals surface area contributed by atoms with Crippen LogP contribution in [-0.4, -0.2) is 54.6 Å². The highest BCUT2D eigenvalue weighted by molar-refractivity contribution is 5.51. The van der Waals surface area contributed by atoms with E-state index in [2.05, 4.69) is 11.8 Å². The molecule has 0 unspecified atom stereocenters. The molecule has 0 amide bonds. The van der Waals surface area contributed by atoms with E-state index >= 15 is 4.39 Å². The number of nitrogens with zero attached hydrogens (tertiary/aromatic N) is 1. The Morgan fingerprint density at radius 1 is 1.32 bits per heavy atom. The number of fused-ring (bicyclic) bond motifs is 3. The Bertz CT molecular complexity index is 688. The lowest BCUT2D eigenvalue weighted by Gasteiger charge is -2.46. The molecule has 2 aliphatic heterocycles. The van der Waals surface area contributed by atoms with Crippen LogP contribution in [0.25, 0.3) is 0 Å². The minimum Gasteiger partial charge on any atom is -0.493 e. The third-order valence-electron chi connectivity index (χ3n) is 5.55. The smallest absolute Gasteiger partial charge is 0.197 e. The number of ether oxygens (including phenoxy) is 3. The summed E-state index contributed by atoms with van der Waals surface area (Å²) in [5.74, 6) is 0.331. The third-order valence-corrected chi connectivity index (χ3v) is 5.55. The molecule has 28 heavy (non-hydrogen) atoms. The van der Waals surface area contributed by atoms with E-state index in [-0.39, 0.29) is 29.3 Å². The van der Waals surface area contributed by atoms with Crippen LogP contribution < -0.4 is 9.47 Å². The Morgan fingerprint density at radius 2 is 2.07 bits per heavy atom. The monoisotopic (exact) mass is 395 g/mol. The van der Waals surface area contributed by atoms with Gasteiger partial charge in [0.25, 0.3) is 0 Å². The van der Waals surface area contributed by atoms with Crippen LogP contribution in [0.15, 0.2) is 6.07 Å². The summed E-state index contributed by atoms with van der Waals surface area (Å²) in [6, 6.07) is 1.86. The lowest BCUT2D eigenvalue weighted by atomic mass is 9.84. The molecule has 5 nitrogen and oxygen atoms in total. The zero-order valence-corrected chi connectivity index (χ0v) is 17.8. The van der Waals surface area contributed by atoms with Crippen molar-refractivity contribution in [3.05, 3.63) is 23.0 Å². The quantitative estimate of drug-likeness (QED) is 0.742. The lowest BCUT2D eigenvalue weighted by molar-refractivity contribution is -0.149. The number of hydrogen-bond donors (Lipinski definition) is 1. The maximum absolute atomic E-state index is 15.3. The van der Waals surface area contributed by atoms with Gasteiger partial charge < -0.3 is 19.3 Å². The van der Waals surface area contributed by atoms with Gasteiger partial charge in [-0.05, 0) is 57.2 Å². The molecule has 6 heteroatoms. The Kier molecular flexibility index (Phi) is 6.52. The molecule has 0 saturated carbocycles.